The van der Waals surface area contributed by atoms with Gasteiger partial charge in [-0.3, -0.25) is 9.69 Å². The Hall–Kier alpha value is -1.35. The zero-order valence-electron chi connectivity index (χ0n) is 14.0. The van der Waals surface area contributed by atoms with Crippen LogP contribution in [0.15, 0.2) is 30.3 Å². The molecule has 3 fully saturated rings. The number of hydrogen-bond acceptors (Lipinski definition) is 2. The lowest BCUT2D eigenvalue weighted by atomic mass is 9.84. The third-order valence-electron chi connectivity index (χ3n) is 6.12. The van der Waals surface area contributed by atoms with Crippen LogP contribution in [0.25, 0.3) is 0 Å². The second-order valence-corrected chi connectivity index (χ2v) is 7.53. The summed E-state index contributed by atoms with van der Waals surface area (Å²) in [6.07, 6.45) is 8.43. The summed E-state index contributed by atoms with van der Waals surface area (Å²) in [6.45, 7) is 3.21. The van der Waals surface area contributed by atoms with Crippen molar-refractivity contribution in [2.45, 2.75) is 63.6 Å². The van der Waals surface area contributed by atoms with E-state index in [4.69, 9.17) is 0 Å². The topological polar surface area (TPSA) is 23.6 Å². The number of amides is 1. The monoisotopic (exact) mass is 312 g/mol. The van der Waals surface area contributed by atoms with Crippen LogP contribution in [0.1, 0.15) is 50.5 Å². The molecule has 1 aromatic carbocycles. The summed E-state index contributed by atoms with van der Waals surface area (Å²) < 4.78 is 0. The van der Waals surface area contributed by atoms with Gasteiger partial charge in [-0.1, -0.05) is 36.8 Å². The van der Waals surface area contributed by atoms with Gasteiger partial charge in [0.2, 0.25) is 5.91 Å². The van der Waals surface area contributed by atoms with Crippen molar-refractivity contribution in [2.75, 3.05) is 13.1 Å². The Balaban J connectivity index is 1.45. The average Bonchev–Trinajstić information content (AvgIpc) is 3.14. The number of carbonyl (C=O) groups is 1. The third kappa shape index (κ3) is 3.03. The van der Waals surface area contributed by atoms with Gasteiger partial charge in [0.1, 0.15) is 0 Å². The molecule has 3 nitrogen and oxygen atoms in total. The van der Waals surface area contributed by atoms with Gasteiger partial charge in [-0.15, -0.1) is 0 Å². The lowest BCUT2D eigenvalue weighted by Gasteiger charge is -2.38. The van der Waals surface area contributed by atoms with E-state index in [1.807, 2.05) is 0 Å². The first kappa shape index (κ1) is 15.2. The summed E-state index contributed by atoms with van der Waals surface area (Å²) in [5.41, 5.74) is 1.40. The zero-order valence-corrected chi connectivity index (χ0v) is 14.0. The fraction of sp³-hybridized carbons (Fsp3) is 0.650. The summed E-state index contributed by atoms with van der Waals surface area (Å²) in [6, 6.07) is 11.8. The zero-order chi connectivity index (χ0) is 15.6. The Morgan fingerprint density at radius 2 is 1.65 bits per heavy atom. The van der Waals surface area contributed by atoms with Gasteiger partial charge >= 0.3 is 0 Å². The summed E-state index contributed by atoms with van der Waals surface area (Å²) in [7, 11) is 0. The molecular weight excluding hydrogens is 284 g/mol. The number of nitrogens with zero attached hydrogens (tertiary/aromatic N) is 2. The molecule has 1 aliphatic carbocycles. The molecule has 1 aromatic rings. The lowest BCUT2D eigenvalue weighted by Crippen LogP contribution is -2.50. The minimum absolute atomic E-state index is 0.347. The average molecular weight is 312 g/mol. The van der Waals surface area contributed by atoms with E-state index in [1.165, 1.54) is 44.2 Å². The quantitative estimate of drug-likeness (QED) is 0.850. The van der Waals surface area contributed by atoms with Crippen molar-refractivity contribution < 1.29 is 4.79 Å². The highest BCUT2D eigenvalue weighted by molar-refractivity contribution is 5.80. The van der Waals surface area contributed by atoms with Crippen molar-refractivity contribution in [2.24, 2.45) is 5.92 Å². The molecule has 124 valence electrons. The molecule has 1 amide bonds. The molecule has 0 unspecified atom stereocenters. The smallest absolute Gasteiger partial charge is 0.225 e. The number of likely N-dealkylation sites (tertiary alicyclic amines) is 2. The third-order valence-corrected chi connectivity index (χ3v) is 6.12. The van der Waals surface area contributed by atoms with E-state index in [2.05, 4.69) is 40.1 Å². The fourth-order valence-electron chi connectivity index (χ4n) is 4.66. The molecule has 2 saturated heterocycles. The second-order valence-electron chi connectivity index (χ2n) is 7.53. The van der Waals surface area contributed by atoms with Crippen LogP contribution in [0.2, 0.25) is 0 Å². The standard InChI is InChI=1S/C20H28N2O/c23-20(17-9-4-10-17)22-14-6-12-19(22)18-11-5-13-21(18)15-16-7-2-1-3-8-16/h1-3,7-8,17-19H,4-6,9-15H2/t18-,19+/m1/s1. The van der Waals surface area contributed by atoms with E-state index in [-0.39, 0.29) is 0 Å². The fourth-order valence-corrected chi connectivity index (χ4v) is 4.66. The molecule has 0 spiro atoms. The van der Waals surface area contributed by atoms with E-state index >= 15 is 0 Å². The van der Waals surface area contributed by atoms with Crippen LogP contribution in [-0.2, 0) is 11.3 Å². The maximum atomic E-state index is 12.8. The summed E-state index contributed by atoms with van der Waals surface area (Å²) >= 11 is 0. The molecule has 23 heavy (non-hydrogen) atoms. The van der Waals surface area contributed by atoms with Gasteiger partial charge < -0.3 is 4.90 Å². The largest absolute Gasteiger partial charge is 0.338 e. The Labute approximate surface area is 139 Å². The van der Waals surface area contributed by atoms with Crippen LogP contribution >= 0.6 is 0 Å². The molecular formula is C20H28N2O. The SMILES string of the molecule is O=C(C1CCC1)N1CCC[C@H]1[C@H]1CCCN1Cc1ccccc1. The number of hydrogen-bond donors (Lipinski definition) is 0. The van der Waals surface area contributed by atoms with Crippen molar-refractivity contribution in [3.05, 3.63) is 35.9 Å². The van der Waals surface area contributed by atoms with Crippen LogP contribution in [0, 0.1) is 5.92 Å². The van der Waals surface area contributed by atoms with Crippen LogP contribution in [-0.4, -0.2) is 40.9 Å². The summed E-state index contributed by atoms with van der Waals surface area (Å²) in [5, 5.41) is 0. The maximum Gasteiger partial charge on any atom is 0.225 e. The van der Waals surface area contributed by atoms with Crippen LogP contribution < -0.4 is 0 Å². The molecule has 0 radical (unpaired) electrons. The van der Waals surface area contributed by atoms with Gasteiger partial charge in [-0.2, -0.15) is 0 Å². The number of rotatable bonds is 4. The number of carbonyl (C=O) groups excluding carboxylic acids is 1. The summed E-state index contributed by atoms with van der Waals surface area (Å²) in [5.74, 6) is 0.810. The Kier molecular flexibility index (Phi) is 4.39. The van der Waals surface area contributed by atoms with E-state index in [1.54, 1.807) is 0 Å². The minimum atomic E-state index is 0.347. The normalized spacial score (nSPS) is 29.0. The highest BCUT2D eigenvalue weighted by Gasteiger charge is 2.42. The molecule has 1 saturated carbocycles. The van der Waals surface area contributed by atoms with Gasteiger partial charge in [0.05, 0.1) is 0 Å². The highest BCUT2D eigenvalue weighted by atomic mass is 16.2. The van der Waals surface area contributed by atoms with Crippen molar-refractivity contribution >= 4 is 5.91 Å². The van der Waals surface area contributed by atoms with Crippen LogP contribution in [0.4, 0.5) is 0 Å². The minimum Gasteiger partial charge on any atom is -0.338 e. The van der Waals surface area contributed by atoms with Crippen LogP contribution in [0.3, 0.4) is 0 Å². The van der Waals surface area contributed by atoms with Gasteiger partial charge in [0.25, 0.3) is 0 Å². The van der Waals surface area contributed by atoms with E-state index in [0.29, 0.717) is 23.9 Å². The van der Waals surface area contributed by atoms with Gasteiger partial charge in [-0.25, -0.2) is 0 Å². The highest BCUT2D eigenvalue weighted by Crippen LogP contribution is 2.35. The van der Waals surface area contributed by atoms with Crippen molar-refractivity contribution in [1.29, 1.82) is 0 Å². The van der Waals surface area contributed by atoms with E-state index in [9.17, 15) is 4.79 Å². The molecule has 0 bridgehead atoms. The Morgan fingerprint density at radius 1 is 0.913 bits per heavy atom. The van der Waals surface area contributed by atoms with E-state index in [0.717, 1.165) is 25.9 Å². The first-order valence-electron chi connectivity index (χ1n) is 9.41. The Bertz CT molecular complexity index is 540. The second kappa shape index (κ2) is 6.64. The molecule has 2 aliphatic heterocycles. The number of benzene rings is 1. The van der Waals surface area contributed by atoms with Gasteiger partial charge in [0, 0.05) is 31.1 Å². The first-order chi connectivity index (χ1) is 11.3. The molecule has 2 atom stereocenters. The first-order valence-corrected chi connectivity index (χ1v) is 9.41. The van der Waals surface area contributed by atoms with Crippen molar-refractivity contribution in [3.63, 3.8) is 0 Å². The molecule has 0 N–H and O–H groups in total. The van der Waals surface area contributed by atoms with Gasteiger partial charge in [0.15, 0.2) is 0 Å². The maximum absolute atomic E-state index is 12.8. The van der Waals surface area contributed by atoms with Crippen molar-refractivity contribution in [1.82, 2.24) is 9.80 Å². The Morgan fingerprint density at radius 3 is 2.39 bits per heavy atom. The molecule has 3 aliphatic rings. The van der Waals surface area contributed by atoms with Crippen molar-refractivity contribution in [3.8, 4) is 0 Å². The molecule has 4 rings (SSSR count). The van der Waals surface area contributed by atoms with Gasteiger partial charge in [-0.05, 0) is 50.6 Å². The molecule has 3 heteroatoms. The summed E-state index contributed by atoms with van der Waals surface area (Å²) in [4.78, 5) is 17.7. The molecule has 0 aromatic heterocycles. The van der Waals surface area contributed by atoms with E-state index < -0.39 is 0 Å². The molecule has 2 heterocycles. The lowest BCUT2D eigenvalue weighted by molar-refractivity contribution is -0.140. The predicted molar refractivity (Wildman–Crippen MR) is 92.0 cm³/mol. The van der Waals surface area contributed by atoms with Crippen LogP contribution in [0.5, 0.6) is 0 Å². The predicted octanol–water partition coefficient (Wildman–Crippen LogP) is 3.44.